The summed E-state index contributed by atoms with van der Waals surface area (Å²) in [6.45, 7) is 7.69. The predicted molar refractivity (Wildman–Crippen MR) is 128 cm³/mol. The highest BCUT2D eigenvalue weighted by Crippen LogP contribution is 2.38. The van der Waals surface area contributed by atoms with Crippen LogP contribution in [0.3, 0.4) is 0 Å². The molecule has 10 heteroatoms. The third-order valence-corrected chi connectivity index (χ3v) is 5.09. The number of alkyl carbamates (subject to hydrolysis) is 1. The van der Waals surface area contributed by atoms with E-state index in [1.165, 1.54) is 0 Å². The Balaban J connectivity index is 1.61. The van der Waals surface area contributed by atoms with Gasteiger partial charge in [-0.15, -0.1) is 0 Å². The van der Waals surface area contributed by atoms with Crippen molar-refractivity contribution in [2.45, 2.75) is 33.3 Å². The van der Waals surface area contributed by atoms with Crippen molar-refractivity contribution in [1.82, 2.24) is 20.3 Å². The Bertz CT molecular complexity index is 1230. The monoisotopic (exact) mass is 464 g/mol. The first-order valence-corrected chi connectivity index (χ1v) is 10.9. The smallest absolute Gasteiger partial charge is 0.407 e. The van der Waals surface area contributed by atoms with Gasteiger partial charge < -0.3 is 30.4 Å². The van der Waals surface area contributed by atoms with Crippen molar-refractivity contribution in [3.8, 4) is 28.3 Å². The summed E-state index contributed by atoms with van der Waals surface area (Å²) in [5, 5.41) is 2.69. The van der Waals surface area contributed by atoms with Gasteiger partial charge in [-0.3, -0.25) is 9.78 Å². The van der Waals surface area contributed by atoms with Gasteiger partial charge in [0.25, 0.3) is 5.91 Å². The van der Waals surface area contributed by atoms with Gasteiger partial charge in [0, 0.05) is 36.1 Å². The van der Waals surface area contributed by atoms with Crippen molar-refractivity contribution in [2.24, 2.45) is 0 Å². The molecule has 2 amide bonds. The van der Waals surface area contributed by atoms with E-state index in [1.807, 2.05) is 31.2 Å². The normalized spacial score (nSPS) is 13.3. The molecular weight excluding hydrogens is 436 g/mol. The van der Waals surface area contributed by atoms with Crippen LogP contribution in [0.25, 0.3) is 22.5 Å². The summed E-state index contributed by atoms with van der Waals surface area (Å²) in [6.07, 6.45) is 1.19. The van der Waals surface area contributed by atoms with Crippen LogP contribution in [-0.4, -0.2) is 52.2 Å². The van der Waals surface area contributed by atoms with Gasteiger partial charge in [0.1, 0.15) is 11.4 Å². The maximum absolute atomic E-state index is 12.6. The zero-order valence-electron chi connectivity index (χ0n) is 19.6. The number of carbonyl (C=O) groups is 2. The summed E-state index contributed by atoms with van der Waals surface area (Å²) in [7, 11) is 0. The molecule has 1 aliphatic heterocycles. The van der Waals surface area contributed by atoms with E-state index in [9.17, 15) is 9.59 Å². The first-order valence-electron chi connectivity index (χ1n) is 10.9. The molecule has 0 radical (unpaired) electrons. The number of aromatic amines is 1. The molecule has 0 aliphatic carbocycles. The zero-order valence-corrected chi connectivity index (χ0v) is 19.6. The van der Waals surface area contributed by atoms with Crippen LogP contribution in [0.4, 0.5) is 16.4 Å². The molecule has 0 saturated heterocycles. The van der Waals surface area contributed by atoms with Gasteiger partial charge in [-0.05, 0) is 58.0 Å². The summed E-state index contributed by atoms with van der Waals surface area (Å²) in [5.41, 5.74) is 9.92. The summed E-state index contributed by atoms with van der Waals surface area (Å²) < 4.78 is 10.9. The highest BCUT2D eigenvalue weighted by molar-refractivity contribution is 5.99. The number of hydrogen-bond acceptors (Lipinski definition) is 7. The van der Waals surface area contributed by atoms with E-state index in [1.54, 1.807) is 37.9 Å². The zero-order chi connectivity index (χ0) is 24.5. The quantitative estimate of drug-likeness (QED) is 0.527. The number of hydrogen-bond donors (Lipinski definition) is 3. The number of ether oxygens (including phenoxy) is 2. The van der Waals surface area contributed by atoms with Crippen LogP contribution >= 0.6 is 0 Å². The molecule has 0 spiro atoms. The van der Waals surface area contributed by atoms with Crippen LogP contribution < -0.4 is 20.7 Å². The number of fused-ring (bicyclic) bond motifs is 1. The lowest BCUT2D eigenvalue weighted by Gasteiger charge is -2.30. The van der Waals surface area contributed by atoms with Gasteiger partial charge in [0.15, 0.2) is 12.6 Å². The summed E-state index contributed by atoms with van der Waals surface area (Å²) >= 11 is 0. The number of nitrogens with two attached hydrogens (primary N) is 1. The van der Waals surface area contributed by atoms with E-state index in [-0.39, 0.29) is 31.6 Å². The van der Waals surface area contributed by atoms with Gasteiger partial charge in [0.2, 0.25) is 0 Å². The van der Waals surface area contributed by atoms with E-state index >= 15 is 0 Å². The van der Waals surface area contributed by atoms with Crippen LogP contribution in [0, 0.1) is 6.92 Å². The van der Waals surface area contributed by atoms with E-state index < -0.39 is 11.7 Å². The second kappa shape index (κ2) is 9.05. The first-order chi connectivity index (χ1) is 16.1. The number of nitrogen functional groups attached to an aromatic ring is 1. The van der Waals surface area contributed by atoms with Crippen molar-refractivity contribution in [3.63, 3.8) is 0 Å². The molecule has 10 nitrogen and oxygen atoms in total. The third-order valence-electron chi connectivity index (χ3n) is 5.09. The Hall–Kier alpha value is -4.08. The van der Waals surface area contributed by atoms with Gasteiger partial charge in [-0.25, -0.2) is 9.78 Å². The molecule has 4 N–H and O–H groups in total. The number of H-pyrrole nitrogens is 1. The molecule has 3 aromatic rings. The molecule has 0 fully saturated rings. The fourth-order valence-electron chi connectivity index (χ4n) is 3.69. The number of aryl methyl sites for hydroxylation is 1. The van der Waals surface area contributed by atoms with Crippen molar-refractivity contribution >= 4 is 23.6 Å². The number of aromatic nitrogens is 3. The summed E-state index contributed by atoms with van der Waals surface area (Å²) in [6, 6.07) is 9.34. The van der Waals surface area contributed by atoms with Gasteiger partial charge in [-0.2, -0.15) is 0 Å². The minimum atomic E-state index is -0.600. The minimum Gasteiger partial charge on any atom is -0.482 e. The number of amides is 2. The Morgan fingerprint density at radius 3 is 2.79 bits per heavy atom. The fraction of sp³-hybridized carbons (Fsp3) is 0.333. The van der Waals surface area contributed by atoms with Crippen LogP contribution in [0.1, 0.15) is 26.5 Å². The molecule has 4 rings (SSSR count). The molecule has 3 heterocycles. The molecule has 2 aromatic heterocycles. The number of anilines is 2. The molecule has 1 aromatic carbocycles. The molecule has 0 saturated carbocycles. The third kappa shape index (κ3) is 5.11. The van der Waals surface area contributed by atoms with E-state index in [4.69, 9.17) is 15.2 Å². The van der Waals surface area contributed by atoms with Gasteiger partial charge >= 0.3 is 6.09 Å². The first kappa shape index (κ1) is 23.1. The minimum absolute atomic E-state index is 0.0737. The standard InChI is InChI=1S/C24H28N6O4/c1-14-11-16(7-8-26-14)21-20(28-22(25)29-21)15-5-6-18-17(12-15)30(19(31)13-33-18)10-9-27-23(32)34-24(2,3)4/h5-8,11-12H,9-10,13H2,1-4H3,(H,27,32)(H3,25,28,29). The topological polar surface area (TPSA) is 135 Å². The van der Waals surface area contributed by atoms with Crippen LogP contribution in [-0.2, 0) is 9.53 Å². The molecule has 178 valence electrons. The van der Waals surface area contributed by atoms with Crippen molar-refractivity contribution in [1.29, 1.82) is 0 Å². The number of nitrogens with zero attached hydrogens (tertiary/aromatic N) is 3. The number of carbonyl (C=O) groups excluding carboxylic acids is 2. The average molecular weight is 465 g/mol. The lowest BCUT2D eigenvalue weighted by molar-refractivity contribution is -0.121. The summed E-state index contributed by atoms with van der Waals surface area (Å²) in [5.74, 6) is 0.649. The molecule has 0 unspecified atom stereocenters. The SMILES string of the molecule is Cc1cc(-c2[nH]c(N)nc2-c2ccc3c(c2)N(CCNC(=O)OC(C)(C)C)C(=O)CO3)ccn1. The predicted octanol–water partition coefficient (Wildman–Crippen LogP) is 3.28. The number of rotatable bonds is 5. The molecule has 1 aliphatic rings. The van der Waals surface area contributed by atoms with E-state index in [2.05, 4.69) is 20.3 Å². The maximum Gasteiger partial charge on any atom is 0.407 e. The molecule has 34 heavy (non-hydrogen) atoms. The van der Waals surface area contributed by atoms with Crippen LogP contribution in [0.15, 0.2) is 36.5 Å². The van der Waals surface area contributed by atoms with Crippen LogP contribution in [0.5, 0.6) is 5.75 Å². The largest absolute Gasteiger partial charge is 0.482 e. The number of pyridine rings is 1. The molecule has 0 atom stereocenters. The lowest BCUT2D eigenvalue weighted by atomic mass is 10.0. The number of benzene rings is 1. The van der Waals surface area contributed by atoms with Crippen LogP contribution in [0.2, 0.25) is 0 Å². The Morgan fingerprint density at radius 2 is 2.06 bits per heavy atom. The van der Waals surface area contributed by atoms with Gasteiger partial charge in [0.05, 0.1) is 17.1 Å². The van der Waals surface area contributed by atoms with E-state index in [0.29, 0.717) is 17.1 Å². The Morgan fingerprint density at radius 1 is 1.26 bits per heavy atom. The average Bonchev–Trinajstić information content (AvgIpc) is 3.15. The van der Waals surface area contributed by atoms with Crippen molar-refractivity contribution in [3.05, 3.63) is 42.2 Å². The molecule has 0 bridgehead atoms. The Labute approximate surface area is 197 Å². The number of imidazole rings is 1. The van der Waals surface area contributed by atoms with Crippen molar-refractivity contribution in [2.75, 3.05) is 30.3 Å². The summed E-state index contributed by atoms with van der Waals surface area (Å²) in [4.78, 5) is 38.1. The second-order valence-electron chi connectivity index (χ2n) is 8.98. The number of nitrogens with one attached hydrogen (secondary N) is 2. The lowest BCUT2D eigenvalue weighted by Crippen LogP contribution is -2.44. The van der Waals surface area contributed by atoms with E-state index in [0.717, 1.165) is 22.5 Å². The second-order valence-corrected chi connectivity index (χ2v) is 8.98. The molecular formula is C24H28N6O4. The van der Waals surface area contributed by atoms with Gasteiger partial charge in [-0.1, -0.05) is 0 Å². The highest BCUT2D eigenvalue weighted by atomic mass is 16.6. The highest BCUT2D eigenvalue weighted by Gasteiger charge is 2.27. The Kier molecular flexibility index (Phi) is 6.14. The van der Waals surface area contributed by atoms with Crippen molar-refractivity contribution < 1.29 is 19.1 Å². The maximum atomic E-state index is 12.6. The fourth-order valence-corrected chi connectivity index (χ4v) is 3.69.